The molecule has 2 aromatic heterocycles. The molecule has 1 aliphatic rings. The number of alkyl halides is 1. The Morgan fingerprint density at radius 3 is 2.53 bits per heavy atom. The van der Waals surface area contributed by atoms with Crippen LogP contribution in [0.25, 0.3) is 22.4 Å². The van der Waals surface area contributed by atoms with Gasteiger partial charge in [0, 0.05) is 38.1 Å². The zero-order valence-electron chi connectivity index (χ0n) is 19.7. The van der Waals surface area contributed by atoms with Gasteiger partial charge in [0.25, 0.3) is 0 Å². The van der Waals surface area contributed by atoms with Crippen molar-refractivity contribution >= 4 is 16.8 Å². The van der Waals surface area contributed by atoms with Gasteiger partial charge in [-0.15, -0.1) is 0 Å². The Morgan fingerprint density at radius 1 is 1.28 bits per heavy atom. The van der Waals surface area contributed by atoms with Gasteiger partial charge in [-0.1, -0.05) is 53.3 Å². The molecule has 32 heavy (non-hydrogen) atoms. The Hall–Kier alpha value is -3.15. The van der Waals surface area contributed by atoms with Gasteiger partial charge in [0.2, 0.25) is 6.36 Å². The highest BCUT2D eigenvalue weighted by Crippen LogP contribution is 2.40. The number of rotatable bonds is 4. The molecule has 3 heterocycles. The molecule has 0 aliphatic carbocycles. The first-order valence-electron chi connectivity index (χ1n) is 11.0. The molecular formula is C26H34FNO4. The van der Waals surface area contributed by atoms with E-state index in [1.165, 1.54) is 13.0 Å². The number of benzene rings is 1. The maximum Gasteiger partial charge on any atom is 0.236 e. The monoisotopic (exact) mass is 443 g/mol. The molecule has 0 saturated heterocycles. The number of carbonyl (C=O) groups is 1. The fourth-order valence-electron chi connectivity index (χ4n) is 3.35. The van der Waals surface area contributed by atoms with E-state index in [2.05, 4.69) is 27.4 Å². The van der Waals surface area contributed by atoms with E-state index in [0.29, 0.717) is 35.8 Å². The Bertz CT molecular complexity index is 1160. The van der Waals surface area contributed by atoms with E-state index in [9.17, 15) is 14.0 Å². The van der Waals surface area contributed by atoms with E-state index in [4.69, 9.17) is 9.15 Å². The van der Waals surface area contributed by atoms with Gasteiger partial charge in [-0.3, -0.25) is 9.59 Å². The number of carbonyl (C=O) groups excluding carboxylic acids is 1. The Kier molecular flexibility index (Phi) is 8.58. The standard InChI is InChI=1S/C20H16FNO4.C4H10.C2H6.H2/c1-3-16(23)14-10-22-8-7-13-12-5-4-6-18(25-11(2)21)20(12)26-19(13)15(22)9-17(14)24;1-4(2)3;1-2;/h3-6,9-11H,1,7-8H2,2H3;4H,1-3H3;1-2H3;1H. The average molecular weight is 444 g/mol. The number of ether oxygens (including phenoxy) is 1. The van der Waals surface area contributed by atoms with Crippen LogP contribution in [0.15, 0.2) is 52.3 Å². The van der Waals surface area contributed by atoms with Crippen molar-refractivity contribution in [3.8, 4) is 17.2 Å². The third-order valence-corrected chi connectivity index (χ3v) is 4.49. The van der Waals surface area contributed by atoms with E-state index in [1.807, 2.05) is 24.5 Å². The number of pyridine rings is 1. The third-order valence-electron chi connectivity index (χ3n) is 4.49. The number of aromatic nitrogens is 1. The molecule has 6 heteroatoms. The first kappa shape index (κ1) is 25.1. The van der Waals surface area contributed by atoms with Gasteiger partial charge in [0.15, 0.2) is 28.3 Å². The largest absolute Gasteiger partial charge is 0.457 e. The summed E-state index contributed by atoms with van der Waals surface area (Å²) in [5.41, 5.74) is 1.68. The van der Waals surface area contributed by atoms with Gasteiger partial charge < -0.3 is 13.7 Å². The molecule has 0 fully saturated rings. The van der Waals surface area contributed by atoms with Crippen molar-refractivity contribution in [2.45, 2.75) is 60.9 Å². The lowest BCUT2D eigenvalue weighted by molar-refractivity contribution is 0.0865. The van der Waals surface area contributed by atoms with Gasteiger partial charge in [0.1, 0.15) is 0 Å². The minimum atomic E-state index is -1.47. The van der Waals surface area contributed by atoms with Gasteiger partial charge in [-0.05, 0) is 24.5 Å². The van der Waals surface area contributed by atoms with E-state index in [1.54, 1.807) is 18.3 Å². The number of nitrogens with zero attached hydrogens (tertiary/aromatic N) is 1. The van der Waals surface area contributed by atoms with Crippen LogP contribution in [-0.2, 0) is 13.0 Å². The molecule has 1 aliphatic heterocycles. The van der Waals surface area contributed by atoms with E-state index < -0.39 is 12.1 Å². The summed E-state index contributed by atoms with van der Waals surface area (Å²) >= 11 is 0. The van der Waals surface area contributed by atoms with E-state index >= 15 is 0 Å². The van der Waals surface area contributed by atoms with Crippen molar-refractivity contribution in [2.75, 3.05) is 0 Å². The number of halogens is 1. The lowest BCUT2D eigenvalue weighted by Crippen LogP contribution is -2.20. The average Bonchev–Trinajstić information content (AvgIpc) is 3.14. The number of aryl methyl sites for hydroxylation is 2. The maximum absolute atomic E-state index is 13.3. The summed E-state index contributed by atoms with van der Waals surface area (Å²) in [7, 11) is 0. The number of fused-ring (bicyclic) bond motifs is 5. The number of hydrogen-bond acceptors (Lipinski definition) is 4. The molecular weight excluding hydrogens is 409 g/mol. The Morgan fingerprint density at radius 2 is 1.94 bits per heavy atom. The molecule has 0 N–H and O–H groups in total. The number of furan rings is 1. The van der Waals surface area contributed by atoms with Crippen LogP contribution >= 0.6 is 0 Å². The SMILES string of the molecule is C=CC(=O)c1cn2c(cc1=O)-c1oc3c(OC(C)F)cccc3c1CC2.CC.CC(C)C.[HH]. The summed E-state index contributed by atoms with van der Waals surface area (Å²) in [6.45, 7) is 15.8. The van der Waals surface area contributed by atoms with Gasteiger partial charge in [0.05, 0.1) is 11.3 Å². The van der Waals surface area contributed by atoms with Crippen LogP contribution in [0.1, 0.15) is 58.9 Å². The second-order valence-corrected chi connectivity index (χ2v) is 7.88. The molecule has 1 atom stereocenters. The van der Waals surface area contributed by atoms with Gasteiger partial charge in [-0.25, -0.2) is 4.39 Å². The van der Waals surface area contributed by atoms with Gasteiger partial charge in [-0.2, -0.15) is 0 Å². The molecule has 0 saturated carbocycles. The Balaban J connectivity index is 0.000000706. The summed E-state index contributed by atoms with van der Waals surface area (Å²) in [6.07, 6.45) is 1.86. The lowest BCUT2D eigenvalue weighted by atomic mass is 10.0. The van der Waals surface area contributed by atoms with E-state index in [-0.39, 0.29) is 12.4 Å². The van der Waals surface area contributed by atoms with Gasteiger partial charge >= 0.3 is 0 Å². The summed E-state index contributed by atoms with van der Waals surface area (Å²) in [4.78, 5) is 24.2. The molecule has 1 unspecified atom stereocenters. The van der Waals surface area contributed by atoms with Crippen molar-refractivity contribution in [2.24, 2.45) is 5.92 Å². The van der Waals surface area contributed by atoms with Crippen LogP contribution in [0, 0.1) is 5.92 Å². The minimum Gasteiger partial charge on any atom is -0.457 e. The van der Waals surface area contributed by atoms with Crippen LogP contribution in [0.4, 0.5) is 4.39 Å². The van der Waals surface area contributed by atoms with Crippen LogP contribution in [0.2, 0.25) is 0 Å². The molecule has 0 spiro atoms. The maximum atomic E-state index is 13.3. The first-order valence-corrected chi connectivity index (χ1v) is 11.0. The highest BCUT2D eigenvalue weighted by Gasteiger charge is 2.26. The molecule has 1 aromatic carbocycles. The highest BCUT2D eigenvalue weighted by molar-refractivity contribution is 6.04. The topological polar surface area (TPSA) is 61.4 Å². The molecule has 5 nitrogen and oxygen atoms in total. The third kappa shape index (κ3) is 5.36. The predicted octanol–water partition coefficient (Wildman–Crippen LogP) is 6.82. The Labute approximate surface area is 190 Å². The van der Waals surface area contributed by atoms with Crippen LogP contribution in [0.3, 0.4) is 0 Å². The molecule has 0 bridgehead atoms. The second kappa shape index (κ2) is 10.9. The normalized spacial score (nSPS) is 12.5. The fourth-order valence-corrected chi connectivity index (χ4v) is 3.35. The van der Waals surface area contributed by atoms with Crippen molar-refractivity contribution < 1.29 is 19.8 Å². The second-order valence-electron chi connectivity index (χ2n) is 7.88. The number of allylic oxidation sites excluding steroid dienone is 1. The van der Waals surface area contributed by atoms with Crippen LogP contribution in [-0.4, -0.2) is 16.7 Å². The summed E-state index contributed by atoms with van der Waals surface area (Å²) in [5.74, 6) is 1.29. The molecule has 174 valence electrons. The van der Waals surface area contributed by atoms with E-state index in [0.717, 1.165) is 22.9 Å². The summed E-state index contributed by atoms with van der Waals surface area (Å²) < 4.78 is 26.3. The molecule has 4 rings (SSSR count). The van der Waals surface area contributed by atoms with Crippen molar-refractivity contribution in [3.63, 3.8) is 0 Å². The quantitative estimate of drug-likeness (QED) is 0.328. The molecule has 0 amide bonds. The zero-order chi connectivity index (χ0) is 24.0. The number of para-hydroxylation sites is 1. The zero-order valence-corrected chi connectivity index (χ0v) is 19.7. The van der Waals surface area contributed by atoms with Crippen molar-refractivity contribution in [3.05, 3.63) is 64.5 Å². The smallest absolute Gasteiger partial charge is 0.236 e. The van der Waals surface area contributed by atoms with Crippen LogP contribution < -0.4 is 10.2 Å². The van der Waals surface area contributed by atoms with Crippen molar-refractivity contribution in [1.29, 1.82) is 0 Å². The molecule has 0 radical (unpaired) electrons. The fraction of sp³-hybridized carbons (Fsp3) is 0.385. The minimum absolute atomic E-state index is 0. The number of hydrogen-bond donors (Lipinski definition) is 0. The predicted molar refractivity (Wildman–Crippen MR) is 129 cm³/mol. The first-order chi connectivity index (χ1) is 15.2. The lowest BCUT2D eigenvalue weighted by Gasteiger charge is -2.18. The molecule has 3 aromatic rings. The summed E-state index contributed by atoms with van der Waals surface area (Å²) in [6, 6.07) is 6.71. The van der Waals surface area contributed by atoms with Crippen LogP contribution in [0.5, 0.6) is 5.75 Å². The number of ketones is 1. The van der Waals surface area contributed by atoms with Crippen molar-refractivity contribution in [1.82, 2.24) is 4.57 Å². The highest BCUT2D eigenvalue weighted by atomic mass is 19.1. The summed E-state index contributed by atoms with van der Waals surface area (Å²) in [5, 5.41) is 0.836.